The number of rotatable bonds is 6. The van der Waals surface area contributed by atoms with Crippen LogP contribution in [0.5, 0.6) is 5.75 Å². The maximum absolute atomic E-state index is 12.9. The van der Waals surface area contributed by atoms with E-state index in [1.807, 2.05) is 73.7 Å². The zero-order valence-electron chi connectivity index (χ0n) is 17.3. The minimum Gasteiger partial charge on any atom is -0.484 e. The number of nitrogens with zero attached hydrogens (tertiary/aromatic N) is 1. The molecule has 1 aliphatic heterocycles. The molecular formula is C25H20N2O3S2. The van der Waals surface area contributed by atoms with E-state index in [4.69, 9.17) is 17.0 Å². The Morgan fingerprint density at radius 2 is 1.81 bits per heavy atom. The van der Waals surface area contributed by atoms with Crippen molar-refractivity contribution in [1.29, 1.82) is 0 Å². The monoisotopic (exact) mass is 460 g/mol. The molecule has 0 aromatic heterocycles. The molecule has 0 saturated carbocycles. The van der Waals surface area contributed by atoms with Crippen molar-refractivity contribution in [3.63, 3.8) is 0 Å². The van der Waals surface area contributed by atoms with Crippen molar-refractivity contribution in [3.05, 3.63) is 94.9 Å². The topological polar surface area (TPSA) is 58.6 Å². The Morgan fingerprint density at radius 1 is 1.06 bits per heavy atom. The number of carbonyl (C=O) groups excluding carboxylic acids is 2. The van der Waals surface area contributed by atoms with Gasteiger partial charge in [0.25, 0.3) is 11.8 Å². The van der Waals surface area contributed by atoms with Crippen LogP contribution in [0.2, 0.25) is 0 Å². The third kappa shape index (κ3) is 5.07. The SMILES string of the molecule is Cc1ccccc1NC(=O)COc1cccc(/C=C2\SC(=S)N(c3ccccc3)C2=O)c1. The van der Waals surface area contributed by atoms with Gasteiger partial charge in [0.05, 0.1) is 10.6 Å². The van der Waals surface area contributed by atoms with Crippen LogP contribution in [0.15, 0.2) is 83.8 Å². The van der Waals surface area contributed by atoms with E-state index >= 15 is 0 Å². The molecule has 1 fully saturated rings. The largest absolute Gasteiger partial charge is 0.484 e. The summed E-state index contributed by atoms with van der Waals surface area (Å²) in [4.78, 5) is 27.2. The Bertz CT molecular complexity index is 1210. The average Bonchev–Trinajstić information content (AvgIpc) is 3.07. The number of benzene rings is 3. The number of nitrogens with one attached hydrogen (secondary N) is 1. The summed E-state index contributed by atoms with van der Waals surface area (Å²) < 4.78 is 6.15. The first-order chi connectivity index (χ1) is 15.5. The highest BCUT2D eigenvalue weighted by atomic mass is 32.2. The van der Waals surface area contributed by atoms with Crippen LogP contribution in [0, 0.1) is 6.92 Å². The Kier molecular flexibility index (Phi) is 6.68. The molecule has 0 bridgehead atoms. The zero-order chi connectivity index (χ0) is 22.5. The van der Waals surface area contributed by atoms with E-state index in [0.29, 0.717) is 15.0 Å². The summed E-state index contributed by atoms with van der Waals surface area (Å²) >= 11 is 6.67. The summed E-state index contributed by atoms with van der Waals surface area (Å²) in [6, 6.07) is 24.1. The number of aryl methyl sites for hydroxylation is 1. The third-order valence-electron chi connectivity index (χ3n) is 4.75. The molecule has 0 unspecified atom stereocenters. The summed E-state index contributed by atoms with van der Waals surface area (Å²) in [7, 11) is 0. The lowest BCUT2D eigenvalue weighted by Crippen LogP contribution is -2.27. The van der Waals surface area contributed by atoms with Crippen LogP contribution < -0.4 is 15.0 Å². The van der Waals surface area contributed by atoms with E-state index in [1.54, 1.807) is 18.2 Å². The number of hydrogen-bond donors (Lipinski definition) is 1. The van der Waals surface area contributed by atoms with Gasteiger partial charge in [-0.1, -0.05) is 72.5 Å². The molecule has 1 heterocycles. The molecule has 1 saturated heterocycles. The molecule has 0 radical (unpaired) electrons. The van der Waals surface area contributed by atoms with Crippen molar-refractivity contribution >= 4 is 57.6 Å². The van der Waals surface area contributed by atoms with E-state index in [0.717, 1.165) is 22.5 Å². The predicted molar refractivity (Wildman–Crippen MR) is 134 cm³/mol. The molecule has 0 spiro atoms. The molecule has 7 heteroatoms. The molecule has 4 rings (SSSR count). The molecule has 3 aromatic rings. The van der Waals surface area contributed by atoms with Gasteiger partial charge in [0.15, 0.2) is 10.9 Å². The standard InChI is InChI=1S/C25H20N2O3S2/c1-17-8-5-6-13-21(17)26-23(28)16-30-20-12-7-9-18(14-20)15-22-24(29)27(25(31)32-22)19-10-3-2-4-11-19/h2-15H,16H2,1H3,(H,26,28)/b22-15-. The van der Waals surface area contributed by atoms with Crippen LogP contribution in [0.25, 0.3) is 6.08 Å². The van der Waals surface area contributed by atoms with Gasteiger partial charge < -0.3 is 10.1 Å². The second-order valence-corrected chi connectivity index (χ2v) is 8.75. The quantitative estimate of drug-likeness (QED) is 0.393. The van der Waals surface area contributed by atoms with Gasteiger partial charge in [-0.15, -0.1) is 0 Å². The smallest absolute Gasteiger partial charge is 0.270 e. The average molecular weight is 461 g/mol. The van der Waals surface area contributed by atoms with Gasteiger partial charge in [-0.3, -0.25) is 14.5 Å². The fourth-order valence-corrected chi connectivity index (χ4v) is 4.46. The summed E-state index contributed by atoms with van der Waals surface area (Å²) in [5.74, 6) is 0.140. The van der Waals surface area contributed by atoms with Crippen LogP contribution in [0.4, 0.5) is 11.4 Å². The van der Waals surface area contributed by atoms with Crippen LogP contribution >= 0.6 is 24.0 Å². The first-order valence-corrected chi connectivity index (χ1v) is 11.1. The minimum absolute atomic E-state index is 0.117. The summed E-state index contributed by atoms with van der Waals surface area (Å²) in [6.07, 6.45) is 1.78. The molecule has 5 nitrogen and oxygen atoms in total. The Hall–Kier alpha value is -3.42. The van der Waals surface area contributed by atoms with Gasteiger partial charge in [-0.05, 0) is 54.5 Å². The molecule has 3 aromatic carbocycles. The van der Waals surface area contributed by atoms with E-state index in [-0.39, 0.29) is 18.4 Å². The van der Waals surface area contributed by atoms with Gasteiger partial charge in [0, 0.05) is 5.69 Å². The van der Waals surface area contributed by atoms with Gasteiger partial charge in [-0.25, -0.2) is 0 Å². The number of carbonyl (C=O) groups is 2. The lowest BCUT2D eigenvalue weighted by atomic mass is 10.2. The highest BCUT2D eigenvalue weighted by molar-refractivity contribution is 8.27. The normalized spacial score (nSPS) is 14.7. The lowest BCUT2D eigenvalue weighted by Gasteiger charge is -2.13. The van der Waals surface area contributed by atoms with Gasteiger partial charge in [-0.2, -0.15) is 0 Å². The number of hydrogen-bond acceptors (Lipinski definition) is 5. The van der Waals surface area contributed by atoms with Crippen molar-refractivity contribution < 1.29 is 14.3 Å². The van der Waals surface area contributed by atoms with E-state index in [2.05, 4.69) is 5.32 Å². The molecular weight excluding hydrogens is 440 g/mol. The van der Waals surface area contributed by atoms with E-state index in [1.165, 1.54) is 16.7 Å². The second kappa shape index (κ2) is 9.80. The van der Waals surface area contributed by atoms with Crippen LogP contribution in [0.3, 0.4) is 0 Å². The second-order valence-electron chi connectivity index (χ2n) is 7.08. The summed E-state index contributed by atoms with van der Waals surface area (Å²) in [6.45, 7) is 1.81. The fourth-order valence-electron chi connectivity index (χ4n) is 3.16. The summed E-state index contributed by atoms with van der Waals surface area (Å²) in [5.41, 5.74) is 3.27. The molecule has 0 atom stereocenters. The van der Waals surface area contributed by atoms with Crippen LogP contribution in [0.1, 0.15) is 11.1 Å². The maximum Gasteiger partial charge on any atom is 0.270 e. The molecule has 1 aliphatic rings. The van der Waals surface area contributed by atoms with Crippen molar-refractivity contribution in [2.24, 2.45) is 0 Å². The highest BCUT2D eigenvalue weighted by Gasteiger charge is 2.33. The molecule has 160 valence electrons. The minimum atomic E-state index is -0.242. The maximum atomic E-state index is 12.9. The molecule has 2 amide bonds. The molecule has 0 aliphatic carbocycles. The number of amides is 2. The van der Waals surface area contributed by atoms with Gasteiger partial charge in [0.2, 0.25) is 0 Å². The van der Waals surface area contributed by atoms with Crippen LogP contribution in [-0.2, 0) is 9.59 Å². The number of para-hydroxylation sites is 2. The van der Waals surface area contributed by atoms with Crippen molar-refractivity contribution in [1.82, 2.24) is 0 Å². The van der Waals surface area contributed by atoms with E-state index in [9.17, 15) is 9.59 Å². The van der Waals surface area contributed by atoms with E-state index < -0.39 is 0 Å². The number of thiocarbonyl (C=S) groups is 1. The highest BCUT2D eigenvalue weighted by Crippen LogP contribution is 2.36. The number of ether oxygens (including phenoxy) is 1. The van der Waals surface area contributed by atoms with Gasteiger partial charge >= 0.3 is 0 Å². The summed E-state index contributed by atoms with van der Waals surface area (Å²) in [5, 5.41) is 2.84. The number of thioether (sulfide) groups is 1. The Labute approximate surface area is 196 Å². The zero-order valence-corrected chi connectivity index (χ0v) is 18.9. The Balaban J connectivity index is 1.42. The van der Waals surface area contributed by atoms with Crippen molar-refractivity contribution in [2.45, 2.75) is 6.92 Å². The van der Waals surface area contributed by atoms with Crippen molar-refractivity contribution in [2.75, 3.05) is 16.8 Å². The molecule has 1 N–H and O–H groups in total. The van der Waals surface area contributed by atoms with Gasteiger partial charge in [0.1, 0.15) is 5.75 Å². The van der Waals surface area contributed by atoms with Crippen molar-refractivity contribution in [3.8, 4) is 5.75 Å². The predicted octanol–water partition coefficient (Wildman–Crippen LogP) is 5.42. The number of anilines is 2. The molecule has 32 heavy (non-hydrogen) atoms. The third-order valence-corrected chi connectivity index (χ3v) is 6.06. The van der Waals surface area contributed by atoms with Crippen LogP contribution in [-0.4, -0.2) is 22.7 Å². The first kappa shape index (κ1) is 21.8. The fraction of sp³-hybridized carbons (Fsp3) is 0.0800. The lowest BCUT2D eigenvalue weighted by molar-refractivity contribution is -0.118. The first-order valence-electron chi connectivity index (χ1n) is 9.92. The Morgan fingerprint density at radius 3 is 2.59 bits per heavy atom.